The van der Waals surface area contributed by atoms with Gasteiger partial charge in [-0.15, -0.1) is 0 Å². The molecule has 0 saturated carbocycles. The van der Waals surface area contributed by atoms with Gasteiger partial charge in [0.05, 0.1) is 0 Å². The molecule has 1 nitrogen and oxygen atoms in total. The Morgan fingerprint density at radius 3 is 1.00 bits per heavy atom. The van der Waals surface area contributed by atoms with E-state index in [0.29, 0.717) is 8.49 Å². The van der Waals surface area contributed by atoms with Gasteiger partial charge in [-0.2, -0.15) is 0 Å². The van der Waals surface area contributed by atoms with Crippen LogP contribution in [0.5, 0.6) is 0 Å². The van der Waals surface area contributed by atoms with Crippen molar-refractivity contribution in [1.82, 2.24) is 0 Å². The molecule has 1 fully saturated rings. The summed E-state index contributed by atoms with van der Waals surface area (Å²) in [5.41, 5.74) is 0.149. The van der Waals surface area contributed by atoms with Crippen LogP contribution in [0.25, 0.3) is 0 Å². The molecule has 0 aromatic rings. The second-order valence-electron chi connectivity index (χ2n) is 16.5. The molecule has 0 N–H and O–H groups in total. The summed E-state index contributed by atoms with van der Waals surface area (Å²) in [7, 11) is 0. The zero-order valence-corrected chi connectivity index (χ0v) is 28.5. The van der Waals surface area contributed by atoms with Gasteiger partial charge in [-0.05, 0) is 0 Å². The molecule has 0 aromatic carbocycles. The third-order valence-electron chi connectivity index (χ3n) is 8.88. The van der Waals surface area contributed by atoms with Gasteiger partial charge in [0, 0.05) is 0 Å². The summed E-state index contributed by atoms with van der Waals surface area (Å²) < 4.78 is 9.46. The Morgan fingerprint density at radius 1 is 0.500 bits per heavy atom. The molecule has 180 valence electrons. The third-order valence-corrected chi connectivity index (χ3v) is 84.1. The van der Waals surface area contributed by atoms with Crippen molar-refractivity contribution >= 4 is 22.9 Å². The summed E-state index contributed by atoms with van der Waals surface area (Å²) >= 11 is -5.72. The van der Waals surface area contributed by atoms with Crippen molar-refractivity contribution in [3.05, 3.63) is 0 Å². The second-order valence-corrected chi connectivity index (χ2v) is 54.2. The summed E-state index contributed by atoms with van der Waals surface area (Å²) in [6, 6.07) is 0. The van der Waals surface area contributed by atoms with E-state index in [2.05, 4.69) is 125 Å². The summed E-state index contributed by atoms with van der Waals surface area (Å²) in [6.45, 7) is 45.7. The van der Waals surface area contributed by atoms with Crippen molar-refractivity contribution in [3.63, 3.8) is 0 Å². The maximum absolute atomic E-state index is 8.26. The Balaban J connectivity index is 4.30. The number of hydrogen-bond acceptors (Lipinski definition) is 1. The Bertz CT molecular complexity index is 577. The summed E-state index contributed by atoms with van der Waals surface area (Å²) in [6.07, 6.45) is 1.23. The van der Waals surface area contributed by atoms with Crippen LogP contribution in [0.15, 0.2) is 0 Å². The molecule has 1 aliphatic rings. The van der Waals surface area contributed by atoms with Gasteiger partial charge in [0.1, 0.15) is 0 Å². The molecule has 0 atom stereocenters. The van der Waals surface area contributed by atoms with Crippen LogP contribution in [0.3, 0.4) is 0 Å². The molecule has 1 saturated heterocycles. The van der Waals surface area contributed by atoms with Gasteiger partial charge in [0.25, 0.3) is 0 Å². The summed E-state index contributed by atoms with van der Waals surface area (Å²) in [5, 5.41) is 1.45. The predicted octanol–water partition coefficient (Wildman–Crippen LogP) is 9.91. The van der Waals surface area contributed by atoms with Gasteiger partial charge in [-0.1, -0.05) is 0 Å². The van der Waals surface area contributed by atoms with E-state index >= 15 is 0 Å². The van der Waals surface area contributed by atoms with Crippen LogP contribution < -0.4 is 0 Å². The van der Waals surface area contributed by atoms with E-state index in [-0.39, 0.29) is 24.9 Å². The SMILES string of the molecule is CC(C)(C)C1(C(C)(C)C)C[CH2][Ge]([C](C)(C)C)([C](C)(C)C)[Ge]([C](C)(C)C)([C](C)(C)C)[O]1. The molecule has 0 amide bonds. The molecule has 0 radical (unpaired) electrons. The minimum atomic E-state index is -3.06. The van der Waals surface area contributed by atoms with E-state index in [1.807, 2.05) is 0 Å². The first-order valence-corrected chi connectivity index (χ1v) is 25.4. The normalized spacial score (nSPS) is 23.4. The first kappa shape index (κ1) is 29.1. The Kier molecular flexibility index (Phi) is 7.29. The van der Waals surface area contributed by atoms with E-state index in [0.717, 1.165) is 0 Å². The molecule has 1 aliphatic heterocycles. The molecule has 0 spiro atoms. The molecule has 0 bridgehead atoms. The monoisotopic (exact) mass is 546 g/mol. The molecule has 1 rings (SSSR count). The van der Waals surface area contributed by atoms with Crippen LogP contribution in [0.2, 0.25) is 22.2 Å². The second kappa shape index (κ2) is 7.52. The van der Waals surface area contributed by atoms with Crippen LogP contribution in [0, 0.1) is 10.8 Å². The van der Waals surface area contributed by atoms with Gasteiger partial charge in [0.2, 0.25) is 0 Å². The first-order valence-electron chi connectivity index (χ1n) is 12.4. The van der Waals surface area contributed by atoms with Crippen LogP contribution in [0.4, 0.5) is 0 Å². The van der Waals surface area contributed by atoms with Crippen LogP contribution in [-0.4, -0.2) is 28.5 Å². The van der Waals surface area contributed by atoms with Crippen molar-refractivity contribution in [3.8, 4) is 0 Å². The van der Waals surface area contributed by atoms with Crippen molar-refractivity contribution in [1.29, 1.82) is 0 Å². The van der Waals surface area contributed by atoms with Gasteiger partial charge in [-0.3, -0.25) is 0 Å². The Hall–Kier alpha value is 1.05. The van der Waals surface area contributed by atoms with Crippen molar-refractivity contribution in [2.24, 2.45) is 10.8 Å². The average molecular weight is 544 g/mol. The fraction of sp³-hybridized carbons (Fsp3) is 1.00. The Morgan fingerprint density at radius 2 is 0.800 bits per heavy atom. The zero-order chi connectivity index (χ0) is 24.6. The first-order chi connectivity index (χ1) is 12.7. The topological polar surface area (TPSA) is 9.23 Å². The van der Waals surface area contributed by atoms with E-state index < -0.39 is 22.9 Å². The van der Waals surface area contributed by atoms with Crippen LogP contribution >= 0.6 is 0 Å². The molecule has 30 heavy (non-hydrogen) atoms. The quantitative estimate of drug-likeness (QED) is 0.276. The molecular formula is C27H58Ge2O. The van der Waals surface area contributed by atoms with Crippen LogP contribution in [-0.2, 0) is 3.76 Å². The molecule has 0 aliphatic carbocycles. The fourth-order valence-corrected chi connectivity index (χ4v) is 97.6. The number of rotatable bonds is 0. The van der Waals surface area contributed by atoms with E-state index in [1.54, 1.807) is 0 Å². The predicted molar refractivity (Wildman–Crippen MR) is 143 cm³/mol. The van der Waals surface area contributed by atoms with Gasteiger partial charge in [-0.25, -0.2) is 0 Å². The van der Waals surface area contributed by atoms with E-state index in [4.69, 9.17) is 3.76 Å². The fourth-order valence-electron chi connectivity index (χ4n) is 8.76. The number of hydrogen-bond donors (Lipinski definition) is 0. The maximum atomic E-state index is 8.26. The van der Waals surface area contributed by atoms with E-state index in [1.165, 1.54) is 11.7 Å². The summed E-state index contributed by atoms with van der Waals surface area (Å²) in [4.78, 5) is 0. The summed E-state index contributed by atoms with van der Waals surface area (Å²) in [5.74, 6) is 0. The van der Waals surface area contributed by atoms with Gasteiger partial charge >= 0.3 is 196 Å². The standard InChI is InChI=1S/C27H58Ge2O/c1-21(2,3)27(22(4,5)6)19-20-28(23(7,8)9,24(10,11)12)29(30-27,25(13,14)15)26(16,17)18/h19-20H2,1-18H3. The van der Waals surface area contributed by atoms with Crippen molar-refractivity contribution in [2.75, 3.05) is 0 Å². The zero-order valence-electron chi connectivity index (χ0n) is 24.3. The van der Waals surface area contributed by atoms with Crippen molar-refractivity contribution < 1.29 is 3.76 Å². The average Bonchev–Trinajstić information content (AvgIpc) is 2.38. The molecule has 0 unspecified atom stereocenters. The van der Waals surface area contributed by atoms with Crippen molar-refractivity contribution in [2.45, 2.75) is 159 Å². The third kappa shape index (κ3) is 3.85. The molecular weight excluding hydrogens is 486 g/mol. The minimum absolute atomic E-state index is 0.0776. The Labute approximate surface area is 195 Å². The van der Waals surface area contributed by atoms with Gasteiger partial charge < -0.3 is 0 Å². The molecule has 1 heterocycles. The van der Waals surface area contributed by atoms with E-state index in [9.17, 15) is 0 Å². The molecule has 0 aromatic heterocycles. The van der Waals surface area contributed by atoms with Crippen LogP contribution in [0.1, 0.15) is 131 Å². The molecule has 3 heteroatoms. The van der Waals surface area contributed by atoms with Gasteiger partial charge in [0.15, 0.2) is 0 Å².